The Balaban J connectivity index is 1.14. The summed E-state index contributed by atoms with van der Waals surface area (Å²) in [4.78, 5) is 43.2. The van der Waals surface area contributed by atoms with E-state index in [-0.39, 0.29) is 48.4 Å². The van der Waals surface area contributed by atoms with Crippen LogP contribution >= 0.6 is 0 Å². The maximum Gasteiger partial charge on any atom is 0.316 e. The van der Waals surface area contributed by atoms with E-state index in [1.807, 2.05) is 19.0 Å². The molecular formula is C42H55NO16. The third kappa shape index (κ3) is 7.75. The summed E-state index contributed by atoms with van der Waals surface area (Å²) >= 11 is 0. The van der Waals surface area contributed by atoms with Gasteiger partial charge in [-0.15, -0.1) is 0 Å². The van der Waals surface area contributed by atoms with Crippen LogP contribution in [0.1, 0.15) is 121 Å². The number of aliphatic hydroxyl groups excluding tert-OH is 2. The van der Waals surface area contributed by atoms with E-state index in [1.54, 1.807) is 27.7 Å². The number of esters is 1. The van der Waals surface area contributed by atoms with E-state index in [0.717, 1.165) is 19.2 Å². The second-order valence-electron chi connectivity index (χ2n) is 16.6. The molecule has 3 aliphatic heterocycles. The molecule has 5 aliphatic rings. The molecule has 17 heteroatoms. The zero-order chi connectivity index (χ0) is 42.8. The number of aliphatic hydroxyl groups is 3. The van der Waals surface area contributed by atoms with Gasteiger partial charge in [0.05, 0.1) is 66.0 Å². The van der Waals surface area contributed by atoms with E-state index in [4.69, 9.17) is 33.2 Å². The minimum atomic E-state index is -1.81. The number of nitrogens with zero attached hydrogens (tertiary/aromatic N) is 1. The first-order valence-electron chi connectivity index (χ1n) is 20.2. The summed E-state index contributed by atoms with van der Waals surface area (Å²) in [5, 5.41) is 66.5. The van der Waals surface area contributed by atoms with Crippen LogP contribution in [0.15, 0.2) is 18.2 Å². The lowest BCUT2D eigenvalue weighted by Crippen LogP contribution is -2.58. The molecule has 3 heterocycles. The molecule has 6 N–H and O–H groups in total. The summed E-state index contributed by atoms with van der Waals surface area (Å²) in [6, 6.07) is 3.03. The third-order valence-corrected chi connectivity index (χ3v) is 12.7. The van der Waals surface area contributed by atoms with Crippen molar-refractivity contribution in [1.29, 1.82) is 0 Å². The minimum absolute atomic E-state index is 0.00117. The van der Waals surface area contributed by atoms with Gasteiger partial charge in [0.2, 0.25) is 5.78 Å². The summed E-state index contributed by atoms with van der Waals surface area (Å²) < 4.78 is 42.7. The molecule has 11 unspecified atom stereocenters. The van der Waals surface area contributed by atoms with Crippen LogP contribution in [0.3, 0.4) is 0 Å². The zero-order valence-electron chi connectivity index (χ0n) is 34.2. The number of phenols is 3. The quantitative estimate of drug-likeness (QED) is 0.134. The molecule has 2 aromatic rings. The van der Waals surface area contributed by atoms with Gasteiger partial charge in [-0.05, 0) is 71.5 Å². The highest BCUT2D eigenvalue weighted by Crippen LogP contribution is 2.54. The predicted octanol–water partition coefficient (Wildman–Crippen LogP) is 2.66. The van der Waals surface area contributed by atoms with Crippen molar-refractivity contribution < 1.29 is 78.2 Å². The van der Waals surface area contributed by atoms with Crippen molar-refractivity contribution in [1.82, 2.24) is 4.90 Å². The first-order chi connectivity index (χ1) is 27.9. The number of hydrogen-bond acceptors (Lipinski definition) is 17. The lowest BCUT2D eigenvalue weighted by atomic mass is 9.67. The predicted molar refractivity (Wildman–Crippen MR) is 204 cm³/mol. The first kappa shape index (κ1) is 43.3. The fraction of sp³-hybridized carbons (Fsp3) is 0.643. The lowest BCUT2D eigenvalue weighted by molar-refractivity contribution is -0.328. The van der Waals surface area contributed by atoms with Crippen LogP contribution in [-0.2, 0) is 38.0 Å². The summed E-state index contributed by atoms with van der Waals surface area (Å²) in [6.07, 6.45) is -6.87. The van der Waals surface area contributed by atoms with Crippen LogP contribution in [-0.4, -0.2) is 148 Å². The summed E-state index contributed by atoms with van der Waals surface area (Å²) in [7, 11) is 4.87. The smallest absolute Gasteiger partial charge is 0.316 e. The van der Waals surface area contributed by atoms with Crippen molar-refractivity contribution in [3.05, 3.63) is 51.6 Å². The molecule has 2 aliphatic carbocycles. The summed E-state index contributed by atoms with van der Waals surface area (Å²) in [5.74, 6) is -5.87. The number of carbonyl (C=O) groups excluding carboxylic acids is 3. The van der Waals surface area contributed by atoms with Crippen molar-refractivity contribution in [2.75, 3.05) is 21.2 Å². The Labute approximate surface area is 341 Å². The van der Waals surface area contributed by atoms with Crippen LogP contribution < -0.4 is 0 Å². The number of methoxy groups -OCH3 is 1. The topological polar surface area (TPSA) is 240 Å². The van der Waals surface area contributed by atoms with Gasteiger partial charge in [-0.2, -0.15) is 0 Å². The Morgan fingerprint density at radius 3 is 2.00 bits per heavy atom. The Kier molecular flexibility index (Phi) is 12.2. The molecular weight excluding hydrogens is 774 g/mol. The molecule has 0 bridgehead atoms. The van der Waals surface area contributed by atoms with Gasteiger partial charge >= 0.3 is 5.97 Å². The van der Waals surface area contributed by atoms with Crippen molar-refractivity contribution >= 4 is 17.5 Å². The molecule has 17 nitrogen and oxygen atoms in total. The second kappa shape index (κ2) is 16.6. The number of aromatic hydroxyl groups is 3. The number of fused-ring (bicyclic) bond motifs is 3. The molecule has 14 atom stereocenters. The van der Waals surface area contributed by atoms with Crippen molar-refractivity contribution in [2.45, 2.75) is 151 Å². The third-order valence-electron chi connectivity index (χ3n) is 12.7. The molecule has 0 spiro atoms. The molecule has 3 fully saturated rings. The monoisotopic (exact) mass is 829 g/mol. The van der Waals surface area contributed by atoms with E-state index >= 15 is 0 Å². The SMILES string of the molecule is CC[C@@]1(O)C[C@H](OC2CC(N(C)C)C(OC3CC(O)C(OC4CCC(O)C(C)O4)C(C)O3)C(C)O2)c2c(cc3c(c2O)C(=O)c2c(O)ccc(O)c2C3=O)[C@H]1C(=O)OC. The highest BCUT2D eigenvalue weighted by atomic mass is 16.7. The normalized spacial score (nSPS) is 37.1. The Morgan fingerprint density at radius 2 is 1.41 bits per heavy atom. The van der Waals surface area contributed by atoms with Gasteiger partial charge in [-0.25, -0.2) is 0 Å². The highest BCUT2D eigenvalue weighted by Gasteiger charge is 2.54. The molecule has 324 valence electrons. The van der Waals surface area contributed by atoms with E-state index in [1.165, 1.54) is 6.07 Å². The van der Waals surface area contributed by atoms with E-state index < -0.39 is 131 Å². The second-order valence-corrected chi connectivity index (χ2v) is 16.6. The summed E-state index contributed by atoms with van der Waals surface area (Å²) in [5.41, 5.74) is -3.56. The molecule has 0 saturated carbocycles. The van der Waals surface area contributed by atoms with Gasteiger partial charge in [-0.1, -0.05) is 6.92 Å². The Hall–Kier alpha value is -3.75. The standard InChI is InChI=1S/C42H55NO16/c1-8-42(52)16-27(31-20(35(42)41(51)53-7)13-21-32(37(31)49)38(50)34-25(46)10-9-24(45)33(34)36(21)48)57-29-14-22(43(5)6)39(18(3)55-29)59-30-15-26(47)40(19(4)56-30)58-28-12-11-23(44)17(2)54-28/h9-10,13,17-19,22-23,26-30,35,39-40,44-47,49,52H,8,11-12,14-16H2,1-7H3/t17?,18?,19?,22?,23?,26?,27-,28?,29?,30?,35-,39?,40?,42+/m0/s1. The average Bonchev–Trinajstić information content (AvgIpc) is 3.17. The number of likely N-dealkylation sites (N-methyl/N-ethyl adjacent to an activating group) is 1. The van der Waals surface area contributed by atoms with Crippen LogP contribution in [0.2, 0.25) is 0 Å². The van der Waals surface area contributed by atoms with Crippen LogP contribution in [0, 0.1) is 0 Å². The average molecular weight is 830 g/mol. The maximum absolute atomic E-state index is 14.0. The van der Waals surface area contributed by atoms with Gasteiger partial charge in [-0.3, -0.25) is 14.4 Å². The number of carbonyl (C=O) groups is 3. The fourth-order valence-corrected chi connectivity index (χ4v) is 9.44. The molecule has 59 heavy (non-hydrogen) atoms. The van der Waals surface area contributed by atoms with Gasteiger partial charge in [0.25, 0.3) is 0 Å². The molecule has 3 saturated heterocycles. The molecule has 7 rings (SSSR count). The highest BCUT2D eigenvalue weighted by molar-refractivity contribution is 6.31. The van der Waals surface area contributed by atoms with Crippen molar-refractivity contribution in [3.63, 3.8) is 0 Å². The van der Waals surface area contributed by atoms with Crippen molar-refractivity contribution in [2.24, 2.45) is 0 Å². The Morgan fingerprint density at radius 1 is 0.814 bits per heavy atom. The number of ether oxygens (including phenoxy) is 7. The van der Waals surface area contributed by atoms with Crippen LogP contribution in [0.5, 0.6) is 17.2 Å². The van der Waals surface area contributed by atoms with Gasteiger partial charge in [0.1, 0.15) is 35.4 Å². The largest absolute Gasteiger partial charge is 0.507 e. The number of hydrogen-bond donors (Lipinski definition) is 6. The zero-order valence-corrected chi connectivity index (χ0v) is 34.2. The fourth-order valence-electron chi connectivity index (χ4n) is 9.44. The van der Waals surface area contributed by atoms with E-state index in [2.05, 4.69) is 0 Å². The van der Waals surface area contributed by atoms with E-state index in [0.29, 0.717) is 12.8 Å². The van der Waals surface area contributed by atoms with Gasteiger partial charge in [0.15, 0.2) is 24.7 Å². The maximum atomic E-state index is 14.0. The van der Waals surface area contributed by atoms with Crippen LogP contribution in [0.25, 0.3) is 0 Å². The number of benzene rings is 2. The first-order valence-corrected chi connectivity index (χ1v) is 20.2. The summed E-state index contributed by atoms with van der Waals surface area (Å²) in [6.45, 7) is 7.01. The number of ketones is 2. The molecule has 0 aromatic heterocycles. The molecule has 2 aromatic carbocycles. The van der Waals surface area contributed by atoms with Gasteiger partial charge in [0, 0.05) is 42.9 Å². The number of rotatable bonds is 9. The van der Waals surface area contributed by atoms with Crippen molar-refractivity contribution in [3.8, 4) is 17.2 Å². The lowest BCUT2D eigenvalue weighted by Gasteiger charge is -2.48. The molecule has 0 radical (unpaired) electrons. The number of phenolic OH excluding ortho intramolecular Hbond substituents is 3. The Bertz CT molecular complexity index is 1940. The van der Waals surface area contributed by atoms with Crippen LogP contribution in [0.4, 0.5) is 0 Å². The molecule has 0 amide bonds. The minimum Gasteiger partial charge on any atom is -0.507 e. The van der Waals surface area contributed by atoms with E-state index in [9.17, 15) is 45.0 Å². The van der Waals surface area contributed by atoms with Gasteiger partial charge < -0.3 is 68.7 Å².